The van der Waals surface area contributed by atoms with Crippen LogP contribution in [-0.2, 0) is 49.6 Å². The van der Waals surface area contributed by atoms with E-state index in [0.29, 0.717) is 18.4 Å². The Morgan fingerprint density at radius 1 is 0.692 bits per heavy atom. The molecule has 1 aliphatic rings. The van der Waals surface area contributed by atoms with E-state index in [2.05, 4.69) is 37.2 Å². The highest BCUT2D eigenvalue weighted by Crippen LogP contribution is 2.20. The third kappa shape index (κ3) is 17.0. The average molecular weight is 918 g/mol. The van der Waals surface area contributed by atoms with Crippen molar-refractivity contribution in [2.45, 2.75) is 155 Å². The lowest BCUT2D eigenvalue weighted by Crippen LogP contribution is -2.61. The number of carboxylic acids is 1. The van der Waals surface area contributed by atoms with Crippen molar-refractivity contribution < 1.29 is 58.5 Å². The average Bonchev–Trinajstić information content (AvgIpc) is 3.75. The van der Waals surface area contributed by atoms with Crippen LogP contribution < -0.4 is 43.0 Å². The number of nitrogens with one attached hydrogen (secondary N) is 7. The van der Waals surface area contributed by atoms with Crippen molar-refractivity contribution in [1.82, 2.24) is 42.1 Å². The summed E-state index contributed by atoms with van der Waals surface area (Å²) in [6.07, 6.45) is -0.167. The lowest BCUT2D eigenvalue weighted by atomic mass is 9.99. The molecule has 0 unspecified atom stereocenters. The first kappa shape index (κ1) is 55.5. The molecule has 0 bridgehead atoms. The first-order valence-corrected chi connectivity index (χ1v) is 22.2. The van der Waals surface area contributed by atoms with E-state index in [1.807, 2.05) is 6.92 Å². The molecule has 11 atom stereocenters. The number of rotatable bonds is 25. The van der Waals surface area contributed by atoms with Gasteiger partial charge in [-0.1, -0.05) is 78.3 Å². The van der Waals surface area contributed by atoms with E-state index in [-0.39, 0.29) is 37.6 Å². The number of carbonyl (C=O) groups excluding carboxylic acids is 8. The second-order valence-corrected chi connectivity index (χ2v) is 17.5. The van der Waals surface area contributed by atoms with Crippen molar-refractivity contribution in [3.63, 3.8) is 0 Å². The maximum atomic E-state index is 13.8. The van der Waals surface area contributed by atoms with Crippen molar-refractivity contribution in [2.75, 3.05) is 13.2 Å². The highest BCUT2D eigenvalue weighted by Gasteiger charge is 2.40. The molecule has 0 aromatic heterocycles. The first-order valence-electron chi connectivity index (χ1n) is 22.2. The molecule has 21 heteroatoms. The molecular weight excluding hydrogens is 847 g/mol. The summed E-state index contributed by atoms with van der Waals surface area (Å²) in [5, 5.41) is 47.6. The summed E-state index contributed by atoms with van der Waals surface area (Å²) < 4.78 is 0. The number of aliphatic hydroxyl groups excluding tert-OH is 2. The number of aliphatic hydroxyl groups is 2. The maximum absolute atomic E-state index is 13.8. The molecule has 0 aliphatic carbocycles. The van der Waals surface area contributed by atoms with Gasteiger partial charge in [-0.15, -0.1) is 0 Å². The van der Waals surface area contributed by atoms with Gasteiger partial charge in [0.1, 0.15) is 48.3 Å². The van der Waals surface area contributed by atoms with Crippen molar-refractivity contribution in [2.24, 2.45) is 23.5 Å². The molecule has 21 nitrogen and oxygen atoms in total. The van der Waals surface area contributed by atoms with Gasteiger partial charge < -0.3 is 63.2 Å². The maximum Gasteiger partial charge on any atom is 0.326 e. The second-order valence-electron chi connectivity index (χ2n) is 17.5. The normalized spacial score (nSPS) is 18.3. The van der Waals surface area contributed by atoms with Gasteiger partial charge in [0.05, 0.1) is 18.8 Å². The van der Waals surface area contributed by atoms with Crippen LogP contribution in [0, 0.1) is 17.8 Å². The van der Waals surface area contributed by atoms with Gasteiger partial charge in [0.15, 0.2) is 0 Å². The summed E-state index contributed by atoms with van der Waals surface area (Å²) in [6, 6.07) is -2.49. The fourth-order valence-electron chi connectivity index (χ4n) is 7.03. The fourth-order valence-corrected chi connectivity index (χ4v) is 7.03. The standard InChI is InChI=1S/C44H71N9O12/c1-10-24(6)33(45)40(60)50-31(21-54)38(58)46-25(7)36(56)48-29(19-22(2)3)37(57)52-35(27(9)55)42(62)47-26(8)43(63)53-18-14-17-32(53)39(59)51-34(23(4)5)41(61)49-30(44(64)65)20-28-15-12-11-13-16-28/h11-13,15-16,22-27,29-35,54-55H,10,14,17-21,45H2,1-9H3,(H,46,58)(H,47,62)(H,48,56)(H,49,61)(H,50,60)(H,51,59)(H,52,57)(H,64,65)/t24-,25-,26-,27+,29-,30-,31-,32-,33-,34-,35-/m0/s1. The zero-order valence-electron chi connectivity index (χ0n) is 38.9. The number of benzene rings is 1. The highest BCUT2D eigenvalue weighted by atomic mass is 16.4. The summed E-state index contributed by atoms with van der Waals surface area (Å²) >= 11 is 0. The first-order chi connectivity index (χ1) is 30.4. The molecule has 0 saturated carbocycles. The smallest absolute Gasteiger partial charge is 0.326 e. The molecule has 1 saturated heterocycles. The summed E-state index contributed by atoms with van der Waals surface area (Å²) in [7, 11) is 0. The highest BCUT2D eigenvalue weighted by molar-refractivity contribution is 5.98. The zero-order valence-corrected chi connectivity index (χ0v) is 38.9. The van der Waals surface area contributed by atoms with E-state index >= 15 is 0 Å². The Morgan fingerprint density at radius 3 is 1.78 bits per heavy atom. The second kappa shape index (κ2) is 26.3. The molecule has 65 heavy (non-hydrogen) atoms. The van der Waals surface area contributed by atoms with Gasteiger partial charge in [0.2, 0.25) is 47.3 Å². The van der Waals surface area contributed by atoms with Crippen LogP contribution in [0.4, 0.5) is 0 Å². The third-order valence-electron chi connectivity index (χ3n) is 11.2. The molecule has 1 aliphatic heterocycles. The number of nitrogens with zero attached hydrogens (tertiary/aromatic N) is 1. The molecular formula is C44H71N9O12. The minimum atomic E-state index is -1.61. The largest absolute Gasteiger partial charge is 0.480 e. The van der Waals surface area contributed by atoms with Gasteiger partial charge in [-0.05, 0) is 63.4 Å². The van der Waals surface area contributed by atoms with E-state index in [9.17, 15) is 58.5 Å². The molecule has 1 aromatic carbocycles. The van der Waals surface area contributed by atoms with Crippen LogP contribution in [0.1, 0.15) is 93.6 Å². The quantitative estimate of drug-likeness (QED) is 0.0516. The SMILES string of the molecule is CC[C@H](C)[C@H](N)C(=O)N[C@@H](CO)C(=O)N[C@@H](C)C(=O)N[C@@H](CC(C)C)C(=O)N[C@H](C(=O)N[C@@H](C)C(=O)N1CCC[C@H]1C(=O)N[C@H](C(=O)N[C@@H](Cc1ccccc1)C(=O)O)C(C)C)[C@@H](C)O. The van der Waals surface area contributed by atoms with Crippen molar-refractivity contribution in [3.05, 3.63) is 35.9 Å². The van der Waals surface area contributed by atoms with Gasteiger partial charge in [-0.3, -0.25) is 38.4 Å². The summed E-state index contributed by atoms with van der Waals surface area (Å²) in [5.41, 5.74) is 6.62. The molecule has 1 heterocycles. The Balaban J connectivity index is 2.11. The van der Waals surface area contributed by atoms with Gasteiger partial charge in [0, 0.05) is 13.0 Å². The van der Waals surface area contributed by atoms with E-state index < -0.39 is 126 Å². The van der Waals surface area contributed by atoms with E-state index in [1.54, 1.807) is 65.0 Å². The number of carboxylic acid groups (broad SMARTS) is 1. The topological polar surface area (TPSA) is 328 Å². The van der Waals surface area contributed by atoms with Gasteiger partial charge >= 0.3 is 5.97 Å². The number of nitrogens with two attached hydrogens (primary N) is 1. The van der Waals surface area contributed by atoms with Gasteiger partial charge in [-0.25, -0.2) is 4.79 Å². The number of hydrogen-bond acceptors (Lipinski definition) is 12. The number of amides is 8. The van der Waals surface area contributed by atoms with Crippen LogP contribution in [0.2, 0.25) is 0 Å². The van der Waals surface area contributed by atoms with Gasteiger partial charge in [0.25, 0.3) is 0 Å². The summed E-state index contributed by atoms with van der Waals surface area (Å²) in [6.45, 7) is 13.8. The van der Waals surface area contributed by atoms with Crippen molar-refractivity contribution >= 4 is 53.2 Å². The molecule has 8 amide bonds. The van der Waals surface area contributed by atoms with E-state index in [4.69, 9.17) is 5.73 Å². The van der Waals surface area contributed by atoms with Crippen LogP contribution in [-0.4, -0.2) is 147 Å². The van der Waals surface area contributed by atoms with Crippen LogP contribution in [0.15, 0.2) is 30.3 Å². The number of likely N-dealkylation sites (tertiary alicyclic amines) is 1. The van der Waals surface area contributed by atoms with Crippen LogP contribution in [0.25, 0.3) is 0 Å². The molecule has 1 aromatic rings. The third-order valence-corrected chi connectivity index (χ3v) is 11.2. The lowest BCUT2D eigenvalue weighted by Gasteiger charge is -2.31. The van der Waals surface area contributed by atoms with Crippen LogP contribution in [0.3, 0.4) is 0 Å². The molecule has 2 rings (SSSR count). The Morgan fingerprint density at radius 2 is 1.25 bits per heavy atom. The monoisotopic (exact) mass is 918 g/mol. The summed E-state index contributed by atoms with van der Waals surface area (Å²) in [4.78, 5) is 120. The molecule has 0 radical (unpaired) electrons. The van der Waals surface area contributed by atoms with Gasteiger partial charge in [-0.2, -0.15) is 0 Å². The zero-order chi connectivity index (χ0) is 49.3. The number of aliphatic carboxylic acids is 1. The molecule has 12 N–H and O–H groups in total. The minimum absolute atomic E-state index is 0.0106. The molecule has 364 valence electrons. The minimum Gasteiger partial charge on any atom is -0.480 e. The van der Waals surface area contributed by atoms with Crippen molar-refractivity contribution in [1.29, 1.82) is 0 Å². The Bertz CT molecular complexity index is 1810. The lowest BCUT2D eigenvalue weighted by molar-refractivity contribution is -0.144. The molecule has 0 spiro atoms. The Labute approximate surface area is 380 Å². The summed E-state index contributed by atoms with van der Waals surface area (Å²) in [5.74, 6) is -8.30. The Kier molecular flexibility index (Phi) is 22.5. The van der Waals surface area contributed by atoms with Crippen LogP contribution in [0.5, 0.6) is 0 Å². The number of hydrogen-bond donors (Lipinski definition) is 11. The fraction of sp³-hybridized carbons (Fsp3) is 0.659. The molecule has 1 fully saturated rings. The van der Waals surface area contributed by atoms with E-state index in [1.165, 1.54) is 25.7 Å². The predicted molar refractivity (Wildman–Crippen MR) is 238 cm³/mol. The number of carbonyl (C=O) groups is 9. The Hall–Kier alpha value is -5.67. The van der Waals surface area contributed by atoms with Crippen molar-refractivity contribution in [3.8, 4) is 0 Å². The van der Waals surface area contributed by atoms with E-state index in [0.717, 1.165) is 0 Å². The predicted octanol–water partition coefficient (Wildman–Crippen LogP) is -1.81. The van der Waals surface area contributed by atoms with Crippen LogP contribution >= 0.6 is 0 Å².